The van der Waals surface area contributed by atoms with Crippen molar-refractivity contribution in [2.24, 2.45) is 5.73 Å². The fourth-order valence-corrected chi connectivity index (χ4v) is 3.26. The second-order valence-electron chi connectivity index (χ2n) is 6.80. The third-order valence-corrected chi connectivity index (χ3v) is 4.69. The molecule has 1 saturated heterocycles. The summed E-state index contributed by atoms with van der Waals surface area (Å²) in [5.41, 5.74) is 6.55. The summed E-state index contributed by atoms with van der Waals surface area (Å²) in [7, 11) is 0. The first-order valence-corrected chi connectivity index (χ1v) is 9.53. The minimum atomic E-state index is -0.461. The Morgan fingerprint density at radius 3 is 2.35 bits per heavy atom. The van der Waals surface area contributed by atoms with Gasteiger partial charge < -0.3 is 16.0 Å². The Morgan fingerprint density at radius 2 is 1.69 bits per heavy atom. The Morgan fingerprint density at radius 1 is 1.04 bits per heavy atom. The van der Waals surface area contributed by atoms with Crippen LogP contribution in [0.15, 0.2) is 30.3 Å². The smallest absolute Gasteiger partial charge is 0.245 e. The molecule has 3 N–H and O–H groups in total. The van der Waals surface area contributed by atoms with E-state index in [1.165, 1.54) is 0 Å². The van der Waals surface area contributed by atoms with E-state index in [1.807, 2.05) is 35.2 Å². The molecule has 146 valence electrons. The van der Waals surface area contributed by atoms with Crippen molar-refractivity contribution in [3.63, 3.8) is 0 Å². The fourth-order valence-electron chi connectivity index (χ4n) is 3.26. The number of carbonyl (C=O) groups is 2. The largest absolute Gasteiger partial charge is 0.344 e. The van der Waals surface area contributed by atoms with Gasteiger partial charge in [-0.15, -0.1) is 12.4 Å². The van der Waals surface area contributed by atoms with Crippen LogP contribution in [-0.4, -0.2) is 42.4 Å². The third-order valence-electron chi connectivity index (χ3n) is 4.69. The lowest BCUT2D eigenvalue weighted by molar-refractivity contribution is -0.135. The molecule has 6 heteroatoms. The lowest BCUT2D eigenvalue weighted by atomic mass is 10.0. The van der Waals surface area contributed by atoms with Gasteiger partial charge in [0, 0.05) is 25.9 Å². The number of amides is 2. The van der Waals surface area contributed by atoms with Gasteiger partial charge in [0.25, 0.3) is 0 Å². The summed E-state index contributed by atoms with van der Waals surface area (Å²) in [6.45, 7) is 2.31. The van der Waals surface area contributed by atoms with Crippen molar-refractivity contribution < 1.29 is 9.59 Å². The Bertz CT molecular complexity index is 533. The van der Waals surface area contributed by atoms with Crippen LogP contribution < -0.4 is 11.1 Å². The summed E-state index contributed by atoms with van der Waals surface area (Å²) in [6.07, 6.45) is 7.06. The molecule has 1 heterocycles. The minimum absolute atomic E-state index is 0. The minimum Gasteiger partial charge on any atom is -0.344 e. The zero-order chi connectivity index (χ0) is 17.9. The van der Waals surface area contributed by atoms with Gasteiger partial charge in [0.15, 0.2) is 0 Å². The summed E-state index contributed by atoms with van der Waals surface area (Å²) >= 11 is 0. The third kappa shape index (κ3) is 7.75. The van der Waals surface area contributed by atoms with E-state index >= 15 is 0 Å². The topological polar surface area (TPSA) is 75.4 Å². The van der Waals surface area contributed by atoms with E-state index in [-0.39, 0.29) is 24.2 Å². The van der Waals surface area contributed by atoms with Crippen LogP contribution in [0.3, 0.4) is 0 Å². The standard InChI is InChI=1S/C20H31N3O2.ClH/c21-13-7-2-1-6-12-19(24)22-18(16-17-10-4-3-5-11-17)20(25)23-14-8-9-15-23;/h3-5,10-11,18H,1-2,6-9,12-16,21H2,(H,22,24);1H. The van der Waals surface area contributed by atoms with Crippen molar-refractivity contribution >= 4 is 24.2 Å². The monoisotopic (exact) mass is 381 g/mol. The van der Waals surface area contributed by atoms with Crippen LogP contribution in [0.25, 0.3) is 0 Å². The van der Waals surface area contributed by atoms with Gasteiger partial charge >= 0.3 is 0 Å². The van der Waals surface area contributed by atoms with E-state index in [4.69, 9.17) is 5.73 Å². The SMILES string of the molecule is Cl.NCCCCCCC(=O)NC(Cc1ccccc1)C(=O)N1CCCC1. The molecule has 0 bridgehead atoms. The highest BCUT2D eigenvalue weighted by atomic mass is 35.5. The van der Waals surface area contributed by atoms with Gasteiger partial charge in [-0.25, -0.2) is 0 Å². The van der Waals surface area contributed by atoms with Crippen molar-refractivity contribution in [2.75, 3.05) is 19.6 Å². The van der Waals surface area contributed by atoms with Gasteiger partial charge in [-0.05, 0) is 37.8 Å². The molecule has 1 atom stereocenters. The Labute approximate surface area is 163 Å². The van der Waals surface area contributed by atoms with Crippen molar-refractivity contribution in [2.45, 2.75) is 57.4 Å². The molecule has 1 aliphatic heterocycles. The molecule has 5 nitrogen and oxygen atoms in total. The van der Waals surface area contributed by atoms with Crippen molar-refractivity contribution in [3.8, 4) is 0 Å². The molecule has 1 aromatic rings. The number of hydrogen-bond acceptors (Lipinski definition) is 3. The summed E-state index contributed by atoms with van der Waals surface area (Å²) in [5.74, 6) is 0.0269. The first-order chi connectivity index (χ1) is 12.2. The maximum atomic E-state index is 12.8. The number of benzene rings is 1. The lowest BCUT2D eigenvalue weighted by Gasteiger charge is -2.24. The normalized spacial score (nSPS) is 14.6. The van der Waals surface area contributed by atoms with E-state index in [9.17, 15) is 9.59 Å². The second kappa shape index (κ2) is 12.7. The van der Waals surface area contributed by atoms with Gasteiger partial charge in [-0.3, -0.25) is 9.59 Å². The summed E-state index contributed by atoms with van der Waals surface area (Å²) in [6, 6.07) is 9.43. The maximum absolute atomic E-state index is 12.8. The van der Waals surface area contributed by atoms with Crippen molar-refractivity contribution in [1.82, 2.24) is 10.2 Å². The van der Waals surface area contributed by atoms with E-state index in [2.05, 4.69) is 5.32 Å². The van der Waals surface area contributed by atoms with E-state index in [0.29, 0.717) is 19.4 Å². The molecule has 1 aliphatic rings. The fraction of sp³-hybridized carbons (Fsp3) is 0.600. The second-order valence-corrected chi connectivity index (χ2v) is 6.80. The van der Waals surface area contributed by atoms with Crippen LogP contribution in [0, 0.1) is 0 Å². The van der Waals surface area contributed by atoms with Crippen molar-refractivity contribution in [3.05, 3.63) is 35.9 Å². The molecule has 2 amide bonds. The summed E-state index contributed by atoms with van der Waals surface area (Å²) in [5, 5.41) is 2.98. The molecule has 1 unspecified atom stereocenters. The molecular formula is C20H32ClN3O2. The van der Waals surface area contributed by atoms with Gasteiger partial charge in [0.1, 0.15) is 6.04 Å². The molecular weight excluding hydrogens is 350 g/mol. The first-order valence-electron chi connectivity index (χ1n) is 9.53. The number of rotatable bonds is 10. The average Bonchev–Trinajstić information content (AvgIpc) is 3.16. The van der Waals surface area contributed by atoms with Gasteiger partial charge in [0.05, 0.1) is 0 Å². The Balaban J connectivity index is 0.00000338. The molecule has 0 spiro atoms. The van der Waals surface area contributed by atoms with Gasteiger partial charge in [0.2, 0.25) is 11.8 Å². The predicted molar refractivity (Wildman–Crippen MR) is 107 cm³/mol. The first kappa shape index (κ1) is 22.5. The number of nitrogens with one attached hydrogen (secondary N) is 1. The molecule has 0 radical (unpaired) electrons. The van der Waals surface area contributed by atoms with E-state index in [0.717, 1.165) is 57.2 Å². The number of hydrogen-bond donors (Lipinski definition) is 2. The molecule has 0 aliphatic carbocycles. The number of nitrogens with two attached hydrogens (primary N) is 1. The van der Waals surface area contributed by atoms with Gasteiger partial charge in [-0.1, -0.05) is 43.2 Å². The van der Waals surface area contributed by atoms with Crippen LogP contribution in [-0.2, 0) is 16.0 Å². The number of unbranched alkanes of at least 4 members (excludes halogenated alkanes) is 3. The lowest BCUT2D eigenvalue weighted by Crippen LogP contribution is -2.48. The highest BCUT2D eigenvalue weighted by Crippen LogP contribution is 2.13. The molecule has 1 aromatic carbocycles. The molecule has 0 aromatic heterocycles. The molecule has 0 saturated carbocycles. The van der Waals surface area contributed by atoms with Gasteiger partial charge in [-0.2, -0.15) is 0 Å². The Kier molecular flexibility index (Phi) is 11.0. The predicted octanol–water partition coefficient (Wildman–Crippen LogP) is 2.67. The number of nitrogens with zero attached hydrogens (tertiary/aromatic N) is 1. The zero-order valence-electron chi connectivity index (χ0n) is 15.5. The zero-order valence-corrected chi connectivity index (χ0v) is 16.3. The summed E-state index contributed by atoms with van der Waals surface area (Å²) < 4.78 is 0. The molecule has 26 heavy (non-hydrogen) atoms. The highest BCUT2D eigenvalue weighted by Gasteiger charge is 2.27. The van der Waals surface area contributed by atoms with Crippen LogP contribution >= 0.6 is 12.4 Å². The number of likely N-dealkylation sites (tertiary alicyclic amines) is 1. The van der Waals surface area contributed by atoms with Crippen LogP contribution in [0.1, 0.15) is 50.5 Å². The highest BCUT2D eigenvalue weighted by molar-refractivity contribution is 5.88. The van der Waals surface area contributed by atoms with Crippen LogP contribution in [0.4, 0.5) is 0 Å². The summed E-state index contributed by atoms with van der Waals surface area (Å²) in [4.78, 5) is 27.0. The molecule has 2 rings (SSSR count). The van der Waals surface area contributed by atoms with E-state index < -0.39 is 6.04 Å². The molecule has 1 fully saturated rings. The number of carbonyl (C=O) groups excluding carboxylic acids is 2. The Hall–Kier alpha value is -1.59. The number of halogens is 1. The quantitative estimate of drug-likeness (QED) is 0.612. The van der Waals surface area contributed by atoms with Crippen LogP contribution in [0.5, 0.6) is 0 Å². The average molecular weight is 382 g/mol. The maximum Gasteiger partial charge on any atom is 0.245 e. The van der Waals surface area contributed by atoms with E-state index in [1.54, 1.807) is 0 Å². The van der Waals surface area contributed by atoms with Crippen LogP contribution in [0.2, 0.25) is 0 Å². The van der Waals surface area contributed by atoms with Crippen molar-refractivity contribution in [1.29, 1.82) is 0 Å².